The van der Waals surface area contributed by atoms with E-state index in [0.29, 0.717) is 12.0 Å². The number of rotatable bonds is 11. The monoisotopic (exact) mass is 459 g/mol. The summed E-state index contributed by atoms with van der Waals surface area (Å²) in [6, 6.07) is 18.8. The average Bonchev–Trinajstić information content (AvgIpc) is 3.23. The van der Waals surface area contributed by atoms with Gasteiger partial charge in [-0.1, -0.05) is 30.3 Å². The molecule has 0 saturated carbocycles. The van der Waals surface area contributed by atoms with Gasteiger partial charge in [-0.05, 0) is 50.1 Å². The van der Waals surface area contributed by atoms with Crippen LogP contribution in [0.1, 0.15) is 25.8 Å². The van der Waals surface area contributed by atoms with Crippen molar-refractivity contribution in [2.45, 2.75) is 32.9 Å². The first-order chi connectivity index (χ1) is 16.5. The van der Waals surface area contributed by atoms with Gasteiger partial charge >= 0.3 is 0 Å². The number of hydrogen-bond acceptors (Lipinski definition) is 7. The van der Waals surface area contributed by atoms with E-state index in [9.17, 15) is 0 Å². The number of hydrogen-bond donors (Lipinski definition) is 2. The second-order valence-electron chi connectivity index (χ2n) is 8.58. The maximum atomic E-state index is 5.25. The molecule has 4 rings (SSSR count). The number of aromatic nitrogens is 4. The standard InChI is InChI=1S/C26H33N7O/c1-19(2)33(18-20-9-6-5-7-10-20)16-8-15-27-26-30-24(23-17-28-32(3)25(23)31-26)29-21-11-13-22(34-4)14-12-21/h5-7,9-14,17,19H,8,15-16,18H2,1-4H3,(H2,27,29,30,31). The highest BCUT2D eigenvalue weighted by Gasteiger charge is 2.13. The van der Waals surface area contributed by atoms with E-state index in [1.165, 1.54) is 5.56 Å². The maximum absolute atomic E-state index is 5.25. The number of anilines is 3. The van der Waals surface area contributed by atoms with Crippen LogP contribution in [-0.2, 0) is 13.6 Å². The summed E-state index contributed by atoms with van der Waals surface area (Å²) in [5.74, 6) is 2.12. The molecule has 0 amide bonds. The lowest BCUT2D eigenvalue weighted by Crippen LogP contribution is -2.32. The Balaban J connectivity index is 1.41. The number of methoxy groups -OCH3 is 1. The molecule has 8 heteroatoms. The Hall–Kier alpha value is -3.65. The van der Waals surface area contributed by atoms with E-state index in [1.54, 1.807) is 18.0 Å². The lowest BCUT2D eigenvalue weighted by atomic mass is 10.2. The van der Waals surface area contributed by atoms with Crippen molar-refractivity contribution in [3.05, 3.63) is 66.4 Å². The second kappa shape index (κ2) is 11.0. The van der Waals surface area contributed by atoms with Crippen molar-refractivity contribution in [2.75, 3.05) is 30.8 Å². The summed E-state index contributed by atoms with van der Waals surface area (Å²) < 4.78 is 7.02. The molecule has 0 unspecified atom stereocenters. The van der Waals surface area contributed by atoms with Gasteiger partial charge in [0.05, 0.1) is 18.7 Å². The minimum absolute atomic E-state index is 0.475. The maximum Gasteiger partial charge on any atom is 0.226 e. The summed E-state index contributed by atoms with van der Waals surface area (Å²) in [5.41, 5.74) is 3.04. The summed E-state index contributed by atoms with van der Waals surface area (Å²) in [6.45, 7) is 7.21. The third-order valence-corrected chi connectivity index (χ3v) is 5.81. The number of nitrogens with one attached hydrogen (secondary N) is 2. The van der Waals surface area contributed by atoms with Crippen LogP contribution in [0.3, 0.4) is 0 Å². The van der Waals surface area contributed by atoms with E-state index in [0.717, 1.165) is 54.3 Å². The smallest absolute Gasteiger partial charge is 0.226 e. The van der Waals surface area contributed by atoms with Gasteiger partial charge in [-0.2, -0.15) is 15.1 Å². The van der Waals surface area contributed by atoms with Crippen molar-refractivity contribution >= 4 is 28.5 Å². The summed E-state index contributed by atoms with van der Waals surface area (Å²) in [7, 11) is 3.55. The minimum Gasteiger partial charge on any atom is -0.497 e. The Morgan fingerprint density at radius 1 is 1.03 bits per heavy atom. The summed E-state index contributed by atoms with van der Waals surface area (Å²) >= 11 is 0. The number of ether oxygens (including phenoxy) is 1. The molecule has 2 N–H and O–H groups in total. The van der Waals surface area contributed by atoms with E-state index >= 15 is 0 Å². The summed E-state index contributed by atoms with van der Waals surface area (Å²) in [5, 5.41) is 12.0. The number of aryl methyl sites for hydroxylation is 1. The zero-order valence-electron chi connectivity index (χ0n) is 20.3. The molecule has 2 aromatic heterocycles. The number of benzene rings is 2. The molecule has 8 nitrogen and oxygen atoms in total. The third kappa shape index (κ3) is 5.82. The fourth-order valence-corrected chi connectivity index (χ4v) is 3.83. The molecule has 0 fully saturated rings. The second-order valence-corrected chi connectivity index (χ2v) is 8.58. The lowest BCUT2D eigenvalue weighted by Gasteiger charge is -2.26. The molecular weight excluding hydrogens is 426 g/mol. The summed E-state index contributed by atoms with van der Waals surface area (Å²) in [4.78, 5) is 11.9. The van der Waals surface area contributed by atoms with Crippen molar-refractivity contribution in [1.82, 2.24) is 24.6 Å². The van der Waals surface area contributed by atoms with E-state index in [2.05, 4.69) is 69.8 Å². The van der Waals surface area contributed by atoms with Gasteiger partial charge in [-0.3, -0.25) is 9.58 Å². The third-order valence-electron chi connectivity index (χ3n) is 5.81. The Kier molecular flexibility index (Phi) is 7.59. The molecule has 0 radical (unpaired) electrons. The van der Waals surface area contributed by atoms with Gasteiger partial charge in [0.15, 0.2) is 5.65 Å². The molecular formula is C26H33N7O. The van der Waals surface area contributed by atoms with Crippen LogP contribution in [0.25, 0.3) is 11.0 Å². The highest BCUT2D eigenvalue weighted by atomic mass is 16.5. The van der Waals surface area contributed by atoms with Gasteiger partial charge in [0.25, 0.3) is 0 Å². The molecule has 0 aliphatic heterocycles. The Bertz CT molecular complexity index is 1190. The predicted molar refractivity (Wildman–Crippen MR) is 138 cm³/mol. The molecule has 0 spiro atoms. The molecule has 0 aliphatic rings. The number of nitrogens with zero attached hydrogens (tertiary/aromatic N) is 5. The van der Waals surface area contributed by atoms with Gasteiger partial charge in [0.1, 0.15) is 11.6 Å². The van der Waals surface area contributed by atoms with Crippen LogP contribution in [0, 0.1) is 0 Å². The average molecular weight is 460 g/mol. The van der Waals surface area contributed by atoms with Crippen molar-refractivity contribution in [1.29, 1.82) is 0 Å². The molecule has 2 heterocycles. The first-order valence-corrected chi connectivity index (χ1v) is 11.7. The molecule has 0 bridgehead atoms. The van der Waals surface area contributed by atoms with Crippen molar-refractivity contribution in [2.24, 2.45) is 7.05 Å². The SMILES string of the molecule is COc1ccc(Nc2nc(NCCCN(Cc3ccccc3)C(C)C)nc3c2cnn3C)cc1. The molecule has 4 aromatic rings. The topological polar surface area (TPSA) is 80.1 Å². The molecule has 0 atom stereocenters. The van der Waals surface area contributed by atoms with Crippen molar-refractivity contribution < 1.29 is 4.74 Å². The highest BCUT2D eigenvalue weighted by Crippen LogP contribution is 2.26. The van der Waals surface area contributed by atoms with Crippen LogP contribution in [0.2, 0.25) is 0 Å². The van der Waals surface area contributed by atoms with Gasteiger partial charge in [-0.15, -0.1) is 0 Å². The Labute approximate surface area is 201 Å². The molecule has 0 saturated heterocycles. The van der Waals surface area contributed by atoms with Crippen LogP contribution in [0.4, 0.5) is 17.5 Å². The van der Waals surface area contributed by atoms with Gasteiger partial charge < -0.3 is 15.4 Å². The zero-order valence-corrected chi connectivity index (χ0v) is 20.3. The normalized spacial score (nSPS) is 11.4. The molecule has 178 valence electrons. The minimum atomic E-state index is 0.475. The molecule has 0 aliphatic carbocycles. The van der Waals surface area contributed by atoms with Crippen LogP contribution in [0.5, 0.6) is 5.75 Å². The largest absolute Gasteiger partial charge is 0.497 e. The molecule has 34 heavy (non-hydrogen) atoms. The molecule has 2 aromatic carbocycles. The quantitative estimate of drug-likeness (QED) is 0.311. The van der Waals surface area contributed by atoms with E-state index in [4.69, 9.17) is 9.72 Å². The van der Waals surface area contributed by atoms with Crippen LogP contribution >= 0.6 is 0 Å². The van der Waals surface area contributed by atoms with Crippen LogP contribution in [-0.4, -0.2) is 50.9 Å². The van der Waals surface area contributed by atoms with Crippen molar-refractivity contribution in [3.63, 3.8) is 0 Å². The van der Waals surface area contributed by atoms with Crippen LogP contribution < -0.4 is 15.4 Å². The first kappa shape index (κ1) is 23.5. The fraction of sp³-hybridized carbons (Fsp3) is 0.346. The Morgan fingerprint density at radius 3 is 2.50 bits per heavy atom. The predicted octanol–water partition coefficient (Wildman–Crippen LogP) is 4.83. The fourth-order valence-electron chi connectivity index (χ4n) is 3.83. The zero-order chi connectivity index (χ0) is 23.9. The Morgan fingerprint density at radius 2 is 1.79 bits per heavy atom. The van der Waals surface area contributed by atoms with E-state index < -0.39 is 0 Å². The van der Waals surface area contributed by atoms with E-state index in [-0.39, 0.29) is 0 Å². The first-order valence-electron chi connectivity index (χ1n) is 11.7. The van der Waals surface area contributed by atoms with Gasteiger partial charge in [0.2, 0.25) is 5.95 Å². The van der Waals surface area contributed by atoms with Gasteiger partial charge in [-0.25, -0.2) is 0 Å². The number of fused-ring (bicyclic) bond motifs is 1. The summed E-state index contributed by atoms with van der Waals surface area (Å²) in [6.07, 6.45) is 2.77. The van der Waals surface area contributed by atoms with Gasteiger partial charge in [0, 0.05) is 38.4 Å². The van der Waals surface area contributed by atoms with Crippen LogP contribution in [0.15, 0.2) is 60.8 Å². The lowest BCUT2D eigenvalue weighted by molar-refractivity contribution is 0.212. The van der Waals surface area contributed by atoms with Crippen molar-refractivity contribution in [3.8, 4) is 5.75 Å². The highest BCUT2D eigenvalue weighted by molar-refractivity contribution is 5.89. The van der Waals surface area contributed by atoms with E-state index in [1.807, 2.05) is 31.3 Å².